The number of alkyl halides is 3. The highest BCUT2D eigenvalue weighted by molar-refractivity contribution is 6.29. The van der Waals surface area contributed by atoms with Crippen molar-refractivity contribution in [2.75, 3.05) is 7.11 Å². The Morgan fingerprint density at radius 3 is 2.41 bits per heavy atom. The quantitative estimate of drug-likeness (QED) is 0.578. The highest BCUT2D eigenvalue weighted by Gasteiger charge is 2.34. The van der Waals surface area contributed by atoms with Gasteiger partial charge in [-0.15, -0.1) is 0 Å². The monoisotopic (exact) mass is 397 g/mol. The number of rotatable bonds is 5. The Morgan fingerprint density at radius 1 is 1.11 bits per heavy atom. The highest BCUT2D eigenvalue weighted by atomic mass is 35.5. The fraction of sp³-hybridized carbons (Fsp3) is 0.222. The van der Waals surface area contributed by atoms with Gasteiger partial charge in [0.05, 0.1) is 19.0 Å². The van der Waals surface area contributed by atoms with Crippen molar-refractivity contribution in [1.29, 1.82) is 0 Å². The van der Waals surface area contributed by atoms with Crippen LogP contribution < -0.4 is 9.47 Å². The van der Waals surface area contributed by atoms with Crippen molar-refractivity contribution in [2.45, 2.75) is 19.7 Å². The third kappa shape index (κ3) is 4.33. The molecule has 0 spiro atoms. The van der Waals surface area contributed by atoms with Gasteiger partial charge >= 0.3 is 6.18 Å². The maximum atomic E-state index is 12.8. The largest absolute Gasteiger partial charge is 0.491 e. The van der Waals surface area contributed by atoms with E-state index in [4.69, 9.17) is 21.1 Å². The van der Waals surface area contributed by atoms with Crippen molar-refractivity contribution in [3.05, 3.63) is 64.7 Å². The summed E-state index contributed by atoms with van der Waals surface area (Å²) < 4.78 is 50.5. The Bertz CT molecular complexity index is 940. The van der Waals surface area contributed by atoms with Crippen LogP contribution in [-0.2, 0) is 12.8 Å². The van der Waals surface area contributed by atoms with Crippen molar-refractivity contribution >= 4 is 11.6 Å². The van der Waals surface area contributed by atoms with E-state index in [9.17, 15) is 13.2 Å². The van der Waals surface area contributed by atoms with Gasteiger partial charge in [0, 0.05) is 11.8 Å². The molecule has 0 aliphatic carbocycles. The summed E-state index contributed by atoms with van der Waals surface area (Å²) in [4.78, 5) is 3.91. The molecule has 0 N–H and O–H groups in total. The molecule has 0 radical (unpaired) electrons. The van der Waals surface area contributed by atoms with Gasteiger partial charge in [-0.1, -0.05) is 23.7 Å². The molecule has 0 amide bonds. The zero-order valence-corrected chi connectivity index (χ0v) is 15.2. The average molecular weight is 398 g/mol. The van der Waals surface area contributed by atoms with Crippen LogP contribution in [-0.4, -0.2) is 21.9 Å². The first-order chi connectivity index (χ1) is 12.8. The molecule has 3 aromatic rings. The molecule has 2 heterocycles. The van der Waals surface area contributed by atoms with Crippen molar-refractivity contribution < 1.29 is 22.6 Å². The lowest BCUT2D eigenvalue weighted by molar-refractivity contribution is -0.141. The molecule has 5 nitrogen and oxygen atoms in total. The molecule has 2 aromatic heterocycles. The number of aromatic nitrogens is 3. The minimum atomic E-state index is -4.48. The first kappa shape index (κ1) is 19.0. The van der Waals surface area contributed by atoms with Crippen LogP contribution in [0.15, 0.2) is 42.6 Å². The second-order valence-electron chi connectivity index (χ2n) is 5.69. The Kier molecular flexibility index (Phi) is 5.27. The van der Waals surface area contributed by atoms with Crippen molar-refractivity contribution in [1.82, 2.24) is 14.8 Å². The van der Waals surface area contributed by atoms with E-state index in [1.807, 2.05) is 0 Å². The van der Waals surface area contributed by atoms with Gasteiger partial charge in [-0.05, 0) is 30.7 Å². The zero-order chi connectivity index (χ0) is 19.6. The lowest BCUT2D eigenvalue weighted by atomic mass is 10.2. The summed E-state index contributed by atoms with van der Waals surface area (Å²) in [5.41, 5.74) is 0.808. The molecule has 27 heavy (non-hydrogen) atoms. The third-order valence-electron chi connectivity index (χ3n) is 3.77. The summed E-state index contributed by atoms with van der Waals surface area (Å²) in [6.07, 6.45) is -3.02. The van der Waals surface area contributed by atoms with Gasteiger partial charge < -0.3 is 9.47 Å². The van der Waals surface area contributed by atoms with Gasteiger partial charge in [0.25, 0.3) is 0 Å². The van der Waals surface area contributed by atoms with Crippen LogP contribution in [0.4, 0.5) is 13.2 Å². The maximum absolute atomic E-state index is 12.8. The van der Waals surface area contributed by atoms with Gasteiger partial charge in [0.2, 0.25) is 0 Å². The fourth-order valence-electron chi connectivity index (χ4n) is 2.44. The molecular formula is C18H15ClF3N3O2. The normalized spacial score (nSPS) is 11.5. The standard InChI is InChI=1S/C18H15ClF3N3O2/c1-11-7-16(18(20,21)22)24-25(11)13-5-3-12(4-6-13)10-27-14-8-17(19)23-9-15(14)26-2/h3-9H,10H2,1-2H3. The summed E-state index contributed by atoms with van der Waals surface area (Å²) in [5, 5.41) is 3.90. The van der Waals surface area contributed by atoms with Gasteiger partial charge in [-0.2, -0.15) is 18.3 Å². The Labute approximate surface area is 158 Å². The van der Waals surface area contributed by atoms with Crippen LogP contribution in [0.2, 0.25) is 5.15 Å². The van der Waals surface area contributed by atoms with Crippen LogP contribution in [0, 0.1) is 6.92 Å². The second kappa shape index (κ2) is 7.48. The Hall–Kier alpha value is -2.74. The van der Waals surface area contributed by atoms with Crippen LogP contribution in [0.25, 0.3) is 5.69 Å². The lowest BCUT2D eigenvalue weighted by Crippen LogP contribution is -2.07. The van der Waals surface area contributed by atoms with E-state index in [1.165, 1.54) is 18.0 Å². The summed E-state index contributed by atoms with van der Waals surface area (Å²) in [6, 6.07) is 9.40. The summed E-state index contributed by atoms with van der Waals surface area (Å²) in [6.45, 7) is 1.79. The minimum absolute atomic E-state index is 0.225. The second-order valence-corrected chi connectivity index (χ2v) is 6.08. The third-order valence-corrected chi connectivity index (χ3v) is 3.98. The Morgan fingerprint density at radius 2 is 1.81 bits per heavy atom. The van der Waals surface area contributed by atoms with Gasteiger partial charge in [-0.3, -0.25) is 0 Å². The highest BCUT2D eigenvalue weighted by Crippen LogP contribution is 2.30. The van der Waals surface area contributed by atoms with Gasteiger partial charge in [-0.25, -0.2) is 9.67 Å². The first-order valence-electron chi connectivity index (χ1n) is 7.83. The van der Waals surface area contributed by atoms with E-state index in [2.05, 4.69) is 10.1 Å². The van der Waals surface area contributed by atoms with Crippen molar-refractivity contribution in [3.63, 3.8) is 0 Å². The number of methoxy groups -OCH3 is 1. The molecule has 0 aliphatic rings. The molecule has 0 aliphatic heterocycles. The number of halogens is 4. The maximum Gasteiger partial charge on any atom is 0.435 e. The van der Waals surface area contributed by atoms with E-state index < -0.39 is 11.9 Å². The van der Waals surface area contributed by atoms with E-state index in [-0.39, 0.29) is 11.8 Å². The minimum Gasteiger partial charge on any atom is -0.491 e. The van der Waals surface area contributed by atoms with Crippen LogP contribution in [0.1, 0.15) is 17.0 Å². The van der Waals surface area contributed by atoms with Crippen LogP contribution >= 0.6 is 11.6 Å². The smallest absolute Gasteiger partial charge is 0.435 e. The summed E-state index contributed by atoms with van der Waals surface area (Å²) in [7, 11) is 1.49. The fourth-order valence-corrected chi connectivity index (χ4v) is 2.58. The number of hydrogen-bond acceptors (Lipinski definition) is 4. The van der Waals surface area contributed by atoms with Crippen LogP contribution in [0.5, 0.6) is 11.5 Å². The summed E-state index contributed by atoms with van der Waals surface area (Å²) >= 11 is 5.86. The molecule has 1 aromatic carbocycles. The number of benzene rings is 1. The molecule has 3 rings (SSSR count). The molecule has 0 atom stereocenters. The molecule has 9 heteroatoms. The van der Waals surface area contributed by atoms with Crippen LogP contribution in [0.3, 0.4) is 0 Å². The summed E-state index contributed by atoms with van der Waals surface area (Å²) in [5.74, 6) is 0.891. The topological polar surface area (TPSA) is 49.2 Å². The SMILES string of the molecule is COc1cnc(Cl)cc1OCc1ccc(-n2nc(C(F)(F)F)cc2C)cc1. The number of aryl methyl sites for hydroxylation is 1. The predicted molar refractivity (Wildman–Crippen MR) is 93.4 cm³/mol. The van der Waals surface area contributed by atoms with Crippen molar-refractivity contribution in [2.24, 2.45) is 0 Å². The molecule has 0 saturated heterocycles. The number of ether oxygens (including phenoxy) is 2. The van der Waals surface area contributed by atoms with Crippen molar-refractivity contribution in [3.8, 4) is 17.2 Å². The van der Waals surface area contributed by atoms with E-state index in [0.717, 1.165) is 11.6 Å². The molecular weight excluding hydrogens is 383 g/mol. The first-order valence-corrected chi connectivity index (χ1v) is 8.21. The van der Waals surface area contributed by atoms with E-state index in [1.54, 1.807) is 37.3 Å². The number of pyridine rings is 1. The molecule has 0 bridgehead atoms. The number of hydrogen-bond donors (Lipinski definition) is 0. The van der Waals surface area contributed by atoms with Gasteiger partial charge in [0.15, 0.2) is 17.2 Å². The molecule has 0 fully saturated rings. The molecule has 142 valence electrons. The van der Waals surface area contributed by atoms with E-state index in [0.29, 0.717) is 22.9 Å². The average Bonchev–Trinajstić information content (AvgIpc) is 3.03. The number of nitrogens with zero attached hydrogens (tertiary/aromatic N) is 3. The predicted octanol–water partition coefficient (Wildman–Crippen LogP) is 4.84. The Balaban J connectivity index is 1.75. The molecule has 0 unspecified atom stereocenters. The lowest BCUT2D eigenvalue weighted by Gasteiger charge is -2.11. The molecule has 0 saturated carbocycles. The van der Waals surface area contributed by atoms with E-state index >= 15 is 0 Å². The van der Waals surface area contributed by atoms with Gasteiger partial charge in [0.1, 0.15) is 11.8 Å². The zero-order valence-electron chi connectivity index (χ0n) is 14.4.